The van der Waals surface area contributed by atoms with Gasteiger partial charge in [0.05, 0.1) is 122 Å². The number of piperazine rings is 3. The smallest absolute Gasteiger partial charge is 0.410 e. The van der Waals surface area contributed by atoms with Crippen LogP contribution in [-0.4, -0.2) is 222 Å². The molecular formula is C84H104Cl2F3N25O7. The van der Waals surface area contributed by atoms with Gasteiger partial charge in [0.1, 0.15) is 63.2 Å². The van der Waals surface area contributed by atoms with Gasteiger partial charge in [0.25, 0.3) is 0 Å². The molecule has 3 N–H and O–H groups in total. The highest BCUT2D eigenvalue weighted by Crippen LogP contribution is 2.36. The van der Waals surface area contributed by atoms with E-state index in [0.717, 1.165) is 108 Å². The maximum atomic E-state index is 15.0. The molecule has 0 spiro atoms. The number of imidazole rings is 3. The average molecular weight is 1700 g/mol. The van der Waals surface area contributed by atoms with E-state index < -0.39 is 28.7 Å². The number of nitrogens with zero attached hydrogens (tertiary/aromatic N) is 23. The van der Waals surface area contributed by atoms with Gasteiger partial charge in [-0.1, -0.05) is 0 Å². The molecule has 0 saturated carbocycles. The molecule has 15 heterocycles. The van der Waals surface area contributed by atoms with Gasteiger partial charge in [-0.3, -0.25) is 9.97 Å². The highest BCUT2D eigenvalue weighted by molar-refractivity contribution is 6.28. The van der Waals surface area contributed by atoms with Crippen molar-refractivity contribution in [2.45, 2.75) is 146 Å². The number of carbonyl (C=O) groups is 2. The molecule has 642 valence electrons. The number of halogens is 5. The molecule has 32 nitrogen and oxygen atoms in total. The quantitative estimate of drug-likeness (QED) is 0.0849. The van der Waals surface area contributed by atoms with Crippen molar-refractivity contribution in [1.29, 1.82) is 0 Å². The van der Waals surface area contributed by atoms with Crippen molar-refractivity contribution < 1.29 is 46.4 Å². The Balaban J connectivity index is 0.000000164. The van der Waals surface area contributed by atoms with Crippen molar-refractivity contribution in [3.05, 3.63) is 155 Å². The molecule has 3 aliphatic rings. The molecule has 0 bridgehead atoms. The molecule has 121 heavy (non-hydrogen) atoms. The standard InChI is InChI=1S/C30H37FN8O3.C25H29FN8O.C15H15ClFN5O.C14H22N4O2.ClH/c1-18(2)39-19(3)34-27-24(39)15-23(35-28(27)41-7)26-22(31)17-33-25(36-26)14-20-8-9-21(16-32-20)37-10-12-38(13-11-37)29(40)42-30(4,5)6;1-15(2)34-16(3)30-24-21(34)12-20(31-25(24)35-4)23-19(26)14-29-22(32-23)11-17-5-6-18(13-28-17)33-9-7-27-8-10-33;1-7(2)22-8(3)19-13-11(22)5-10(20-14(13)23-4)12-9(17)6-18-15(16)21-12;1-14(2,3)20-13(19)18-8-6-17(7-9-18)11-4-5-12(15)16-10-11;/h8-9,15-18H,10-14H2,1-7H3;5-6,12-15,27H,7-11H2,1-4H3;5-7H,1-4H3;4-5,10H,6-9H2,1-3H3,(H2,15,16);1H. The molecule has 3 fully saturated rings. The molecule has 37 heteroatoms. The zero-order valence-corrected chi connectivity index (χ0v) is 73.0. The number of ether oxygens (including phenoxy) is 5. The van der Waals surface area contributed by atoms with Crippen LogP contribution in [0.4, 0.5) is 45.6 Å². The molecule has 12 aromatic rings. The van der Waals surface area contributed by atoms with Gasteiger partial charge in [0.15, 0.2) is 34.0 Å². The van der Waals surface area contributed by atoms with Crippen LogP contribution in [0.15, 0.2) is 91.8 Å². The molecular weight excluding hydrogens is 1600 g/mol. The molecule has 12 aromatic heterocycles. The lowest BCUT2D eigenvalue weighted by molar-refractivity contribution is 0.0230. The van der Waals surface area contributed by atoms with Crippen molar-refractivity contribution in [2.24, 2.45) is 0 Å². The first-order valence-corrected chi connectivity index (χ1v) is 40.1. The van der Waals surface area contributed by atoms with E-state index in [2.05, 4.69) is 138 Å². The Morgan fingerprint density at radius 3 is 1.09 bits per heavy atom. The van der Waals surface area contributed by atoms with Gasteiger partial charge in [-0.05, 0) is 170 Å². The number of nitrogens with two attached hydrogens (primary N) is 1. The number of nitrogens with one attached hydrogen (secondary N) is 1. The molecule has 0 aromatic carbocycles. The van der Waals surface area contributed by atoms with E-state index in [9.17, 15) is 18.4 Å². The molecule has 3 saturated heterocycles. The molecule has 2 amide bonds. The summed E-state index contributed by atoms with van der Waals surface area (Å²) >= 11 is 5.78. The van der Waals surface area contributed by atoms with E-state index in [-0.39, 0.29) is 65.1 Å². The number of nitrogen functional groups attached to an aromatic ring is 1. The SMILES string of the molecule is CC(C)(C)OC(=O)N1CCN(c2ccc(N)nc2)CC1.COc1nc(-c2nc(Cc3ccc(N4CCN(C(=O)OC(C)(C)C)CC4)cn3)ncc2F)cc2c1nc(C)n2C(C)C.COc1nc(-c2nc(Cc3ccc(N4CCNCC4)cn3)ncc2F)cc2c1nc(C)n2C(C)C.COc1nc(-c2nc(Cl)ncc2F)cc2c1nc(C)n2C(C)C.Cl. The highest BCUT2D eigenvalue weighted by atomic mass is 35.5. The number of anilines is 4. The van der Waals surface area contributed by atoms with Crippen LogP contribution in [0.25, 0.3) is 67.3 Å². The Morgan fingerprint density at radius 1 is 0.446 bits per heavy atom. The fraction of sp³-hybridized carbons (Fsp3) is 0.440. The van der Waals surface area contributed by atoms with E-state index in [1.165, 1.54) is 33.7 Å². The molecule has 0 atom stereocenters. The third kappa shape index (κ3) is 21.6. The van der Waals surface area contributed by atoms with Crippen LogP contribution < -0.4 is 40.0 Å². The van der Waals surface area contributed by atoms with Gasteiger partial charge in [-0.25, -0.2) is 87.6 Å². The predicted octanol–water partition coefficient (Wildman–Crippen LogP) is 14.0. The number of aromatic nitrogens is 18. The minimum absolute atomic E-state index is 0. The maximum absolute atomic E-state index is 15.0. The van der Waals surface area contributed by atoms with Crippen LogP contribution in [0, 0.1) is 38.2 Å². The minimum Gasteiger partial charge on any atom is -0.479 e. The zero-order chi connectivity index (χ0) is 86.2. The Kier molecular flexibility index (Phi) is 28.6. The van der Waals surface area contributed by atoms with Crippen LogP contribution in [-0.2, 0) is 22.3 Å². The Morgan fingerprint density at radius 2 is 0.777 bits per heavy atom. The van der Waals surface area contributed by atoms with Crippen molar-refractivity contribution in [2.75, 3.05) is 120 Å². The lowest BCUT2D eigenvalue weighted by Gasteiger charge is -2.36. The Bertz CT molecular complexity index is 5610. The normalized spacial score (nSPS) is 13.8. The number of amides is 2. The van der Waals surface area contributed by atoms with E-state index in [1.54, 1.807) is 40.4 Å². The summed E-state index contributed by atoms with van der Waals surface area (Å²) in [5, 5.41) is 3.31. The number of fused-ring (bicyclic) bond motifs is 3. The zero-order valence-electron chi connectivity index (χ0n) is 71.4. The number of hydrogen-bond acceptors (Lipinski definition) is 27. The van der Waals surface area contributed by atoms with Gasteiger partial charge >= 0.3 is 12.2 Å². The van der Waals surface area contributed by atoms with Gasteiger partial charge in [-0.15, -0.1) is 12.4 Å². The number of pyridine rings is 6. The summed E-state index contributed by atoms with van der Waals surface area (Å²) in [5.74, 6) is 3.14. The lowest BCUT2D eigenvalue weighted by Crippen LogP contribution is -2.50. The van der Waals surface area contributed by atoms with Crippen LogP contribution in [0.3, 0.4) is 0 Å². The second-order valence-corrected chi connectivity index (χ2v) is 32.1. The summed E-state index contributed by atoms with van der Waals surface area (Å²) in [6.07, 6.45) is 9.00. The topological polar surface area (TPSA) is 343 Å². The number of methoxy groups -OCH3 is 3. The van der Waals surface area contributed by atoms with E-state index in [4.69, 9.17) is 41.0 Å². The first-order valence-electron chi connectivity index (χ1n) is 39.7. The fourth-order valence-corrected chi connectivity index (χ4v) is 14.5. The molecule has 0 unspecified atom stereocenters. The average Bonchev–Trinajstić information content (AvgIpc) is 1.63. The second kappa shape index (κ2) is 38.6. The van der Waals surface area contributed by atoms with Crippen molar-refractivity contribution in [3.63, 3.8) is 0 Å². The van der Waals surface area contributed by atoms with E-state index >= 15 is 4.39 Å². The maximum Gasteiger partial charge on any atom is 0.410 e. The monoisotopic (exact) mass is 1700 g/mol. The molecule has 0 aliphatic carbocycles. The first kappa shape index (κ1) is 89.8. The number of carbonyl (C=O) groups excluding carboxylic acids is 2. The summed E-state index contributed by atoms with van der Waals surface area (Å²) < 4.78 is 77.4. The van der Waals surface area contributed by atoms with Crippen LogP contribution in [0.1, 0.15) is 142 Å². The number of rotatable bonds is 16. The van der Waals surface area contributed by atoms with Crippen molar-refractivity contribution in [3.8, 4) is 51.8 Å². The molecule has 0 radical (unpaired) electrons. The van der Waals surface area contributed by atoms with Gasteiger partial charge in [-0.2, -0.15) is 0 Å². The molecule has 15 rings (SSSR count). The minimum atomic E-state index is -0.601. The van der Waals surface area contributed by atoms with Crippen molar-refractivity contribution in [1.82, 2.24) is 104 Å². The third-order valence-electron chi connectivity index (χ3n) is 19.8. The van der Waals surface area contributed by atoms with Gasteiger partial charge < -0.3 is 72.9 Å². The fourth-order valence-electron chi connectivity index (χ4n) is 14.3. The van der Waals surface area contributed by atoms with E-state index in [0.29, 0.717) is 121 Å². The second-order valence-electron chi connectivity index (χ2n) is 31.8. The Labute approximate surface area is 711 Å². The van der Waals surface area contributed by atoms with E-state index in [1.807, 2.05) is 117 Å². The van der Waals surface area contributed by atoms with Crippen LogP contribution in [0.5, 0.6) is 17.6 Å². The Hall–Kier alpha value is -12.0. The summed E-state index contributed by atoms with van der Waals surface area (Å²) in [4.78, 5) is 99.9. The number of aryl methyl sites for hydroxylation is 3. The summed E-state index contributed by atoms with van der Waals surface area (Å²) in [6, 6.07) is 17.5. The molecule has 3 aliphatic heterocycles. The number of hydrogen-bond donors (Lipinski definition) is 2. The van der Waals surface area contributed by atoms with Crippen molar-refractivity contribution >= 4 is 92.2 Å². The summed E-state index contributed by atoms with van der Waals surface area (Å²) in [5.41, 5.74) is 14.9. The summed E-state index contributed by atoms with van der Waals surface area (Å²) in [7, 11) is 4.55. The highest BCUT2D eigenvalue weighted by Gasteiger charge is 2.30. The van der Waals surface area contributed by atoms with Crippen LogP contribution in [0.2, 0.25) is 5.28 Å². The largest absolute Gasteiger partial charge is 0.479 e. The van der Waals surface area contributed by atoms with Gasteiger partial charge in [0, 0.05) is 108 Å². The summed E-state index contributed by atoms with van der Waals surface area (Å²) in [6.45, 7) is 38.6. The first-order chi connectivity index (χ1) is 57.1. The lowest BCUT2D eigenvalue weighted by atomic mass is 10.2. The van der Waals surface area contributed by atoms with Gasteiger partial charge in [0.2, 0.25) is 22.9 Å². The predicted molar refractivity (Wildman–Crippen MR) is 461 cm³/mol. The third-order valence-corrected chi connectivity index (χ3v) is 20.0. The van der Waals surface area contributed by atoms with Crippen LogP contribution >= 0.6 is 24.0 Å².